The van der Waals surface area contributed by atoms with Crippen molar-refractivity contribution >= 4 is 28.2 Å². The molecule has 0 unspecified atom stereocenters. The van der Waals surface area contributed by atoms with Gasteiger partial charge in [0.25, 0.3) is 0 Å². The van der Waals surface area contributed by atoms with E-state index in [1.165, 1.54) is 24.1 Å². The SMILES string of the molecule is CCOC(=O)c1c(NC(=O)[C@@H]2C[C@@H]3CC[C@@H]2C3)sc2c1CCC2. The lowest BCUT2D eigenvalue weighted by molar-refractivity contribution is -0.121. The maximum Gasteiger partial charge on any atom is 0.341 e. The number of amides is 1. The molecule has 4 nitrogen and oxygen atoms in total. The van der Waals surface area contributed by atoms with Crippen LogP contribution in [0.4, 0.5) is 5.00 Å². The van der Waals surface area contributed by atoms with Crippen molar-refractivity contribution in [2.45, 2.75) is 51.9 Å². The molecule has 3 aliphatic rings. The Balaban J connectivity index is 1.56. The highest BCUT2D eigenvalue weighted by Crippen LogP contribution is 2.49. The van der Waals surface area contributed by atoms with Gasteiger partial charge in [-0.05, 0) is 62.8 Å². The van der Waals surface area contributed by atoms with Crippen molar-refractivity contribution in [3.05, 3.63) is 16.0 Å². The molecule has 2 saturated carbocycles. The third-order valence-corrected chi connectivity index (χ3v) is 6.92. The van der Waals surface area contributed by atoms with Crippen LogP contribution in [0.1, 0.15) is 59.8 Å². The molecule has 1 aromatic heterocycles. The second-order valence-corrected chi connectivity index (χ2v) is 8.16. The smallest absolute Gasteiger partial charge is 0.341 e. The van der Waals surface area contributed by atoms with Gasteiger partial charge in [0.2, 0.25) is 5.91 Å². The van der Waals surface area contributed by atoms with Gasteiger partial charge in [0.05, 0.1) is 12.2 Å². The molecule has 1 aromatic rings. The normalized spacial score (nSPS) is 28.0. The van der Waals surface area contributed by atoms with Gasteiger partial charge in [-0.15, -0.1) is 11.3 Å². The summed E-state index contributed by atoms with van der Waals surface area (Å²) in [6.07, 6.45) is 7.74. The van der Waals surface area contributed by atoms with Gasteiger partial charge in [-0.2, -0.15) is 0 Å². The van der Waals surface area contributed by atoms with E-state index in [9.17, 15) is 9.59 Å². The molecule has 0 aliphatic heterocycles. The zero-order chi connectivity index (χ0) is 16.0. The van der Waals surface area contributed by atoms with Gasteiger partial charge in [-0.1, -0.05) is 6.42 Å². The van der Waals surface area contributed by atoms with Crippen molar-refractivity contribution in [3.8, 4) is 0 Å². The number of nitrogens with one attached hydrogen (secondary N) is 1. The summed E-state index contributed by atoms with van der Waals surface area (Å²) in [7, 11) is 0. The van der Waals surface area contributed by atoms with Crippen LogP contribution in [0.5, 0.6) is 0 Å². The number of rotatable bonds is 4. The van der Waals surface area contributed by atoms with Crippen LogP contribution in [0.25, 0.3) is 0 Å². The van der Waals surface area contributed by atoms with E-state index in [0.29, 0.717) is 18.1 Å². The fourth-order valence-corrected chi connectivity index (χ4v) is 5.96. The highest BCUT2D eigenvalue weighted by Gasteiger charge is 2.43. The minimum Gasteiger partial charge on any atom is -0.462 e. The lowest BCUT2D eigenvalue weighted by Gasteiger charge is -2.20. The molecule has 1 amide bonds. The number of esters is 1. The van der Waals surface area contributed by atoms with Crippen molar-refractivity contribution in [1.82, 2.24) is 0 Å². The summed E-state index contributed by atoms with van der Waals surface area (Å²) >= 11 is 1.58. The van der Waals surface area contributed by atoms with Crippen LogP contribution in [0.15, 0.2) is 0 Å². The monoisotopic (exact) mass is 333 g/mol. The van der Waals surface area contributed by atoms with Gasteiger partial charge < -0.3 is 10.1 Å². The van der Waals surface area contributed by atoms with Crippen molar-refractivity contribution in [2.24, 2.45) is 17.8 Å². The summed E-state index contributed by atoms with van der Waals surface area (Å²) in [4.78, 5) is 26.3. The maximum absolute atomic E-state index is 12.7. The van der Waals surface area contributed by atoms with Gasteiger partial charge >= 0.3 is 5.97 Å². The molecule has 1 N–H and O–H groups in total. The predicted octanol–water partition coefficient (Wildman–Crippen LogP) is 3.79. The second kappa shape index (κ2) is 5.93. The Hall–Kier alpha value is -1.36. The molecule has 2 bridgehead atoms. The van der Waals surface area contributed by atoms with Gasteiger partial charge in [-0.25, -0.2) is 4.79 Å². The molecule has 2 fully saturated rings. The molecule has 3 aliphatic carbocycles. The molecule has 0 radical (unpaired) electrons. The third kappa shape index (κ3) is 2.59. The van der Waals surface area contributed by atoms with E-state index in [-0.39, 0.29) is 17.8 Å². The first-order valence-electron chi connectivity index (χ1n) is 8.80. The number of aryl methyl sites for hydroxylation is 1. The Morgan fingerprint density at radius 2 is 2.13 bits per heavy atom. The predicted molar refractivity (Wildman–Crippen MR) is 89.9 cm³/mol. The number of fused-ring (bicyclic) bond motifs is 3. The van der Waals surface area contributed by atoms with Crippen LogP contribution in [-0.2, 0) is 22.4 Å². The maximum atomic E-state index is 12.7. The summed E-state index contributed by atoms with van der Waals surface area (Å²) in [6.45, 7) is 2.18. The minimum absolute atomic E-state index is 0.114. The summed E-state index contributed by atoms with van der Waals surface area (Å²) in [5.74, 6) is 1.27. The van der Waals surface area contributed by atoms with Crippen molar-refractivity contribution in [1.29, 1.82) is 0 Å². The molecule has 4 rings (SSSR count). The zero-order valence-corrected chi connectivity index (χ0v) is 14.3. The fourth-order valence-electron chi connectivity index (χ4n) is 4.68. The van der Waals surface area contributed by atoms with Gasteiger partial charge in [0.15, 0.2) is 0 Å². The summed E-state index contributed by atoms with van der Waals surface area (Å²) < 4.78 is 5.23. The minimum atomic E-state index is -0.282. The lowest BCUT2D eigenvalue weighted by Crippen LogP contribution is -2.27. The van der Waals surface area contributed by atoms with Gasteiger partial charge in [0, 0.05) is 10.8 Å². The Morgan fingerprint density at radius 1 is 1.26 bits per heavy atom. The zero-order valence-electron chi connectivity index (χ0n) is 13.5. The Labute approximate surface area is 140 Å². The number of hydrogen-bond acceptors (Lipinski definition) is 4. The molecule has 124 valence electrons. The number of ether oxygens (including phenoxy) is 1. The second-order valence-electron chi connectivity index (χ2n) is 7.05. The van der Waals surface area contributed by atoms with E-state index in [4.69, 9.17) is 4.74 Å². The van der Waals surface area contributed by atoms with Crippen molar-refractivity contribution < 1.29 is 14.3 Å². The Morgan fingerprint density at radius 3 is 2.83 bits per heavy atom. The molecule has 23 heavy (non-hydrogen) atoms. The van der Waals surface area contributed by atoms with Crippen molar-refractivity contribution in [3.63, 3.8) is 0 Å². The molecule has 0 saturated heterocycles. The van der Waals surface area contributed by atoms with E-state index in [2.05, 4.69) is 5.32 Å². The average Bonchev–Trinajstić information content (AvgIpc) is 3.27. The summed E-state index contributed by atoms with van der Waals surface area (Å²) in [5.41, 5.74) is 1.73. The lowest BCUT2D eigenvalue weighted by atomic mass is 9.88. The molecular formula is C18H23NO3S. The van der Waals surface area contributed by atoms with Gasteiger partial charge in [0.1, 0.15) is 5.00 Å². The standard InChI is InChI=1S/C18H23NO3S/c1-2-22-18(21)15-12-4-3-5-14(12)23-17(15)19-16(20)13-9-10-6-7-11(13)8-10/h10-11,13H,2-9H2,1H3,(H,19,20)/t10-,11-,13-/m1/s1. The topological polar surface area (TPSA) is 55.4 Å². The van der Waals surface area contributed by atoms with E-state index < -0.39 is 0 Å². The first kappa shape index (κ1) is 15.2. The number of hydrogen-bond donors (Lipinski definition) is 1. The summed E-state index contributed by atoms with van der Waals surface area (Å²) in [6, 6.07) is 0. The molecular weight excluding hydrogens is 310 g/mol. The first-order chi connectivity index (χ1) is 11.2. The molecule has 3 atom stereocenters. The molecule has 5 heteroatoms. The van der Waals surface area contributed by atoms with Crippen LogP contribution in [-0.4, -0.2) is 18.5 Å². The summed E-state index contributed by atoms with van der Waals surface area (Å²) in [5, 5.41) is 3.81. The van der Waals surface area contributed by atoms with E-state index in [1.807, 2.05) is 6.92 Å². The Kier molecular flexibility index (Phi) is 3.92. The number of carbonyl (C=O) groups is 2. The fraction of sp³-hybridized carbons (Fsp3) is 0.667. The average molecular weight is 333 g/mol. The molecule has 1 heterocycles. The van der Waals surface area contributed by atoms with E-state index >= 15 is 0 Å². The molecule has 0 spiro atoms. The van der Waals surface area contributed by atoms with Gasteiger partial charge in [-0.3, -0.25) is 4.79 Å². The van der Waals surface area contributed by atoms with Crippen LogP contribution >= 0.6 is 11.3 Å². The van der Waals surface area contributed by atoms with E-state index in [1.54, 1.807) is 11.3 Å². The number of anilines is 1. The quantitative estimate of drug-likeness (QED) is 0.853. The molecule has 0 aromatic carbocycles. The highest BCUT2D eigenvalue weighted by atomic mass is 32.1. The third-order valence-electron chi connectivity index (χ3n) is 5.71. The highest BCUT2D eigenvalue weighted by molar-refractivity contribution is 7.17. The van der Waals surface area contributed by atoms with Crippen LogP contribution in [0.3, 0.4) is 0 Å². The first-order valence-corrected chi connectivity index (χ1v) is 9.61. The number of thiophene rings is 1. The van der Waals surface area contributed by atoms with E-state index in [0.717, 1.165) is 42.2 Å². The van der Waals surface area contributed by atoms with Crippen LogP contribution in [0, 0.1) is 17.8 Å². The Bertz CT molecular complexity index is 651. The number of carbonyl (C=O) groups excluding carboxylic acids is 2. The van der Waals surface area contributed by atoms with Crippen LogP contribution < -0.4 is 5.32 Å². The van der Waals surface area contributed by atoms with Crippen LogP contribution in [0.2, 0.25) is 0 Å². The van der Waals surface area contributed by atoms with Crippen molar-refractivity contribution in [2.75, 3.05) is 11.9 Å². The largest absolute Gasteiger partial charge is 0.462 e.